The summed E-state index contributed by atoms with van der Waals surface area (Å²) >= 11 is 3.08. The molecular weight excluding hydrogens is 228 g/mol. The van der Waals surface area contributed by atoms with E-state index in [4.69, 9.17) is 0 Å². The van der Waals surface area contributed by atoms with Gasteiger partial charge in [0.05, 0.1) is 0 Å². The molecule has 0 amide bonds. The summed E-state index contributed by atoms with van der Waals surface area (Å²) in [6, 6.07) is 2.90. The van der Waals surface area contributed by atoms with E-state index >= 15 is 0 Å². The van der Waals surface area contributed by atoms with E-state index in [1.165, 1.54) is 12.3 Å². The fourth-order valence-electron chi connectivity index (χ4n) is 0.717. The first-order valence-electron chi connectivity index (χ1n) is 3.25. The molecule has 1 heterocycles. The molecule has 0 atom stereocenters. The molecule has 0 N–H and O–H groups in total. The lowest BCUT2D eigenvalue weighted by atomic mass is 10.2. The first-order valence-corrected chi connectivity index (χ1v) is 4.16. The van der Waals surface area contributed by atoms with Crippen LogP contribution in [0.25, 0.3) is 6.08 Å². The van der Waals surface area contributed by atoms with Crippen molar-refractivity contribution in [2.24, 2.45) is 0 Å². The Morgan fingerprint density at radius 3 is 2.58 bits per heavy atom. The average molecular weight is 234 g/mol. The van der Waals surface area contributed by atoms with Gasteiger partial charge in [0.2, 0.25) is 0 Å². The van der Waals surface area contributed by atoms with Crippen molar-refractivity contribution >= 4 is 22.0 Å². The molecule has 4 heteroatoms. The lowest BCUT2D eigenvalue weighted by Gasteiger charge is -1.97. The Bertz CT molecular complexity index is 269. The van der Waals surface area contributed by atoms with E-state index in [1.807, 2.05) is 0 Å². The van der Waals surface area contributed by atoms with Crippen LogP contribution in [0.3, 0.4) is 0 Å². The van der Waals surface area contributed by atoms with Gasteiger partial charge in [0.1, 0.15) is 5.69 Å². The summed E-state index contributed by atoms with van der Waals surface area (Å²) in [6.07, 6.45) is 0.633. The number of hydrogen-bond acceptors (Lipinski definition) is 1. The van der Waals surface area contributed by atoms with E-state index in [0.717, 1.165) is 5.56 Å². The van der Waals surface area contributed by atoms with Crippen LogP contribution in [-0.4, -0.2) is 4.98 Å². The van der Waals surface area contributed by atoms with Crippen LogP contribution in [0, 0.1) is 0 Å². The van der Waals surface area contributed by atoms with Gasteiger partial charge in [-0.3, -0.25) is 4.98 Å². The van der Waals surface area contributed by atoms with Crippen LogP contribution in [0.5, 0.6) is 0 Å². The van der Waals surface area contributed by atoms with Gasteiger partial charge in [0.15, 0.2) is 0 Å². The molecule has 0 spiro atoms. The second-order valence-corrected chi connectivity index (χ2v) is 2.64. The highest BCUT2D eigenvalue weighted by Gasteiger charge is 2.06. The van der Waals surface area contributed by atoms with Gasteiger partial charge in [0, 0.05) is 6.20 Å². The molecule has 0 radical (unpaired) electrons. The number of alkyl halides is 2. The highest BCUT2D eigenvalue weighted by molar-refractivity contribution is 9.11. The third kappa shape index (κ3) is 2.37. The highest BCUT2D eigenvalue weighted by Crippen LogP contribution is 2.16. The van der Waals surface area contributed by atoms with Crippen molar-refractivity contribution in [1.29, 1.82) is 0 Å². The van der Waals surface area contributed by atoms with Crippen LogP contribution in [-0.2, 0) is 0 Å². The quantitative estimate of drug-likeness (QED) is 0.764. The Labute approximate surface area is 77.3 Å². The van der Waals surface area contributed by atoms with Crippen LogP contribution in [0.2, 0.25) is 0 Å². The summed E-state index contributed by atoms with van der Waals surface area (Å²) in [6.45, 7) is 0. The van der Waals surface area contributed by atoms with Crippen molar-refractivity contribution in [2.75, 3.05) is 0 Å². The summed E-state index contributed by atoms with van der Waals surface area (Å²) in [5.74, 6) is 0. The van der Waals surface area contributed by atoms with E-state index in [1.54, 1.807) is 17.1 Å². The van der Waals surface area contributed by atoms with Crippen molar-refractivity contribution in [3.63, 3.8) is 0 Å². The van der Waals surface area contributed by atoms with Gasteiger partial charge in [-0.1, -0.05) is 22.0 Å². The maximum Gasteiger partial charge on any atom is 0.280 e. The van der Waals surface area contributed by atoms with Crippen molar-refractivity contribution in [2.45, 2.75) is 6.43 Å². The number of nitrogens with zero attached hydrogens (tertiary/aromatic N) is 1. The molecular formula is C8H6BrF2N. The molecule has 0 unspecified atom stereocenters. The van der Waals surface area contributed by atoms with Gasteiger partial charge in [0.25, 0.3) is 6.43 Å². The maximum absolute atomic E-state index is 12.0. The fourth-order valence-corrected chi connectivity index (χ4v) is 1.02. The van der Waals surface area contributed by atoms with Crippen molar-refractivity contribution < 1.29 is 8.78 Å². The number of rotatable bonds is 2. The third-order valence-corrected chi connectivity index (χ3v) is 1.55. The number of pyridine rings is 1. The number of halogens is 3. The Morgan fingerprint density at radius 2 is 2.17 bits per heavy atom. The summed E-state index contributed by atoms with van der Waals surface area (Å²) in [5, 5.41) is 0. The topological polar surface area (TPSA) is 12.9 Å². The first-order chi connectivity index (χ1) is 5.74. The molecule has 12 heavy (non-hydrogen) atoms. The fraction of sp³-hybridized carbons (Fsp3) is 0.125. The molecule has 0 aliphatic heterocycles. The smallest absolute Gasteiger partial charge is 0.255 e. The average Bonchev–Trinajstić information content (AvgIpc) is 2.06. The van der Waals surface area contributed by atoms with E-state index in [9.17, 15) is 8.78 Å². The van der Waals surface area contributed by atoms with Gasteiger partial charge < -0.3 is 0 Å². The van der Waals surface area contributed by atoms with Crippen LogP contribution < -0.4 is 0 Å². The predicted octanol–water partition coefficient (Wildman–Crippen LogP) is 3.38. The zero-order valence-corrected chi connectivity index (χ0v) is 7.63. The largest absolute Gasteiger partial charge is 0.280 e. The molecule has 1 aromatic rings. The van der Waals surface area contributed by atoms with E-state index in [2.05, 4.69) is 20.9 Å². The SMILES string of the molecule is FC(F)c1ccc(/C=C/Br)cn1. The highest BCUT2D eigenvalue weighted by atomic mass is 79.9. The molecule has 1 rings (SSSR count). The van der Waals surface area contributed by atoms with E-state index in [0.29, 0.717) is 0 Å². The maximum atomic E-state index is 12.0. The zero-order valence-electron chi connectivity index (χ0n) is 6.05. The Hall–Kier alpha value is -0.770. The molecule has 1 nitrogen and oxygen atoms in total. The summed E-state index contributed by atoms with van der Waals surface area (Å²) in [7, 11) is 0. The van der Waals surface area contributed by atoms with Gasteiger partial charge in [-0.25, -0.2) is 8.78 Å². The van der Waals surface area contributed by atoms with Crippen LogP contribution in [0.15, 0.2) is 23.3 Å². The molecule has 0 bridgehead atoms. The Balaban J connectivity index is 2.85. The minimum Gasteiger partial charge on any atom is -0.255 e. The molecule has 64 valence electrons. The van der Waals surface area contributed by atoms with Crippen molar-refractivity contribution in [3.05, 3.63) is 34.6 Å². The zero-order chi connectivity index (χ0) is 8.97. The normalized spacial score (nSPS) is 11.3. The first kappa shape index (κ1) is 9.32. The monoisotopic (exact) mass is 233 g/mol. The lowest BCUT2D eigenvalue weighted by Crippen LogP contribution is -1.88. The van der Waals surface area contributed by atoms with Gasteiger partial charge in [-0.05, 0) is 22.7 Å². The second kappa shape index (κ2) is 4.30. The molecule has 0 fully saturated rings. The van der Waals surface area contributed by atoms with Gasteiger partial charge in [-0.2, -0.15) is 0 Å². The molecule has 1 aromatic heterocycles. The standard InChI is InChI=1S/C8H6BrF2N/c9-4-3-6-1-2-7(8(10)11)12-5-6/h1-5,8H/b4-3+. The molecule has 0 aromatic carbocycles. The lowest BCUT2D eigenvalue weighted by molar-refractivity contribution is 0.146. The van der Waals surface area contributed by atoms with E-state index < -0.39 is 6.43 Å². The predicted molar refractivity (Wildman–Crippen MR) is 47.2 cm³/mol. The van der Waals surface area contributed by atoms with Crippen molar-refractivity contribution in [3.8, 4) is 0 Å². The van der Waals surface area contributed by atoms with Crippen LogP contribution in [0.1, 0.15) is 17.7 Å². The summed E-state index contributed by atoms with van der Waals surface area (Å²) < 4.78 is 24.0. The molecule has 0 aliphatic rings. The van der Waals surface area contributed by atoms with Crippen LogP contribution in [0.4, 0.5) is 8.78 Å². The summed E-state index contributed by atoms with van der Waals surface area (Å²) in [4.78, 5) is 5.22. The molecule has 0 saturated heterocycles. The Kier molecular flexibility index (Phi) is 3.34. The van der Waals surface area contributed by atoms with E-state index in [-0.39, 0.29) is 5.69 Å². The number of aromatic nitrogens is 1. The minimum absolute atomic E-state index is 0.193. The van der Waals surface area contributed by atoms with Gasteiger partial charge >= 0.3 is 0 Å². The van der Waals surface area contributed by atoms with Crippen LogP contribution >= 0.6 is 15.9 Å². The Morgan fingerprint density at radius 1 is 1.42 bits per heavy atom. The minimum atomic E-state index is -2.49. The molecule has 0 aliphatic carbocycles. The summed E-state index contributed by atoms with van der Waals surface area (Å²) in [5.41, 5.74) is 0.595. The third-order valence-electron chi connectivity index (χ3n) is 1.29. The second-order valence-electron chi connectivity index (χ2n) is 2.11. The molecule has 0 saturated carbocycles. The van der Waals surface area contributed by atoms with Gasteiger partial charge in [-0.15, -0.1) is 0 Å². The number of hydrogen-bond donors (Lipinski definition) is 0. The van der Waals surface area contributed by atoms with Crippen molar-refractivity contribution in [1.82, 2.24) is 4.98 Å².